The standard InChI is InChI=1S/C28H25FN6O2/c1-16-10-20(32-34(16)3)12-25(36)31-19-6-9-24-22(11-19)23-15-33(2)27-26(23)17(13-30-28(27)37)14-35(24)21-7-4-18(29)5-8-21/h4-11,13,15H,12,14H2,1-3H3,(H,30,37)(H,31,36). The number of pyridine rings is 1. The fourth-order valence-electron chi connectivity index (χ4n) is 5.11. The molecule has 0 saturated carbocycles. The van der Waals surface area contributed by atoms with Crippen LogP contribution in [0.3, 0.4) is 0 Å². The Kier molecular flexibility index (Phi) is 5.22. The van der Waals surface area contributed by atoms with Gasteiger partial charge in [-0.2, -0.15) is 5.10 Å². The minimum atomic E-state index is -0.310. The lowest BCUT2D eigenvalue weighted by Crippen LogP contribution is -2.18. The molecule has 0 fully saturated rings. The van der Waals surface area contributed by atoms with Crippen LogP contribution in [0.4, 0.5) is 21.5 Å². The number of halogens is 1. The van der Waals surface area contributed by atoms with E-state index in [0.717, 1.165) is 39.1 Å². The second-order valence-corrected chi connectivity index (χ2v) is 9.44. The Morgan fingerprint density at radius 3 is 2.62 bits per heavy atom. The van der Waals surface area contributed by atoms with Gasteiger partial charge in [-0.1, -0.05) is 0 Å². The molecular weight excluding hydrogens is 471 g/mol. The predicted octanol–water partition coefficient (Wildman–Crippen LogP) is 4.55. The van der Waals surface area contributed by atoms with E-state index in [0.29, 0.717) is 23.4 Å². The van der Waals surface area contributed by atoms with Crippen molar-refractivity contribution < 1.29 is 9.18 Å². The van der Waals surface area contributed by atoms with Gasteiger partial charge in [-0.3, -0.25) is 14.3 Å². The number of aromatic amines is 1. The summed E-state index contributed by atoms with van der Waals surface area (Å²) in [5.41, 5.74) is 7.16. The summed E-state index contributed by atoms with van der Waals surface area (Å²) in [4.78, 5) is 30.5. The van der Waals surface area contributed by atoms with Crippen LogP contribution in [-0.2, 0) is 31.9 Å². The first-order chi connectivity index (χ1) is 17.8. The minimum Gasteiger partial charge on any atom is -0.345 e. The van der Waals surface area contributed by atoms with E-state index < -0.39 is 0 Å². The zero-order chi connectivity index (χ0) is 25.8. The highest BCUT2D eigenvalue weighted by atomic mass is 19.1. The first kappa shape index (κ1) is 22.8. The van der Waals surface area contributed by atoms with Gasteiger partial charge in [0.15, 0.2) is 0 Å². The van der Waals surface area contributed by atoms with Gasteiger partial charge in [0.05, 0.1) is 18.7 Å². The van der Waals surface area contributed by atoms with Crippen LogP contribution in [0.1, 0.15) is 17.0 Å². The maximum Gasteiger partial charge on any atom is 0.272 e. The van der Waals surface area contributed by atoms with Gasteiger partial charge in [-0.05, 0) is 61.0 Å². The highest BCUT2D eigenvalue weighted by Crippen LogP contribution is 2.44. The van der Waals surface area contributed by atoms with Crippen LogP contribution in [0, 0.1) is 12.7 Å². The van der Waals surface area contributed by atoms with Crippen LogP contribution in [-0.4, -0.2) is 25.2 Å². The van der Waals surface area contributed by atoms with Crippen LogP contribution in [0.5, 0.6) is 0 Å². The molecular formula is C28H25FN6O2. The van der Waals surface area contributed by atoms with Gasteiger partial charge in [0.1, 0.15) is 11.3 Å². The van der Waals surface area contributed by atoms with E-state index in [1.807, 2.05) is 56.0 Å². The SMILES string of the molecule is Cc1cc(CC(=O)Nc2ccc3c(c2)-c2cn(C)c4c(=O)[nH]cc(c24)CN3c2ccc(F)cc2)nn1C. The lowest BCUT2D eigenvalue weighted by atomic mass is 10.0. The Morgan fingerprint density at radius 1 is 1.11 bits per heavy atom. The molecule has 37 heavy (non-hydrogen) atoms. The van der Waals surface area contributed by atoms with Crippen LogP contribution < -0.4 is 15.8 Å². The summed E-state index contributed by atoms with van der Waals surface area (Å²) >= 11 is 0. The quantitative estimate of drug-likeness (QED) is 0.382. The van der Waals surface area contributed by atoms with Crippen molar-refractivity contribution in [3.8, 4) is 11.1 Å². The van der Waals surface area contributed by atoms with E-state index in [1.165, 1.54) is 12.1 Å². The van der Waals surface area contributed by atoms with Gasteiger partial charge in [-0.15, -0.1) is 0 Å². The number of carbonyl (C=O) groups excluding carboxylic acids is 1. The van der Waals surface area contributed by atoms with Gasteiger partial charge < -0.3 is 19.8 Å². The average molecular weight is 497 g/mol. The number of nitrogens with one attached hydrogen (secondary N) is 2. The number of amides is 1. The molecule has 8 nitrogen and oxygen atoms in total. The molecule has 0 spiro atoms. The van der Waals surface area contributed by atoms with Crippen molar-refractivity contribution in [1.82, 2.24) is 19.3 Å². The number of H-pyrrole nitrogens is 1. The molecule has 6 rings (SSSR count). The second kappa shape index (κ2) is 8.48. The fraction of sp³-hybridized carbons (Fsp3) is 0.179. The molecule has 0 atom stereocenters. The van der Waals surface area contributed by atoms with Crippen molar-refractivity contribution in [2.24, 2.45) is 14.1 Å². The van der Waals surface area contributed by atoms with Gasteiger partial charge in [0.2, 0.25) is 5.91 Å². The molecule has 1 amide bonds. The minimum absolute atomic E-state index is 0.161. The summed E-state index contributed by atoms with van der Waals surface area (Å²) in [7, 11) is 3.70. The molecule has 1 aliphatic heterocycles. The van der Waals surface area contributed by atoms with Crippen molar-refractivity contribution in [3.63, 3.8) is 0 Å². The van der Waals surface area contributed by atoms with E-state index in [1.54, 1.807) is 23.0 Å². The van der Waals surface area contributed by atoms with Gasteiger partial charge >= 0.3 is 0 Å². The Morgan fingerprint density at radius 2 is 1.89 bits per heavy atom. The van der Waals surface area contributed by atoms with Crippen molar-refractivity contribution >= 4 is 33.9 Å². The summed E-state index contributed by atoms with van der Waals surface area (Å²) in [5.74, 6) is -0.479. The summed E-state index contributed by atoms with van der Waals surface area (Å²) in [6, 6.07) is 14.0. The monoisotopic (exact) mass is 496 g/mol. The van der Waals surface area contributed by atoms with E-state index in [4.69, 9.17) is 0 Å². The summed E-state index contributed by atoms with van der Waals surface area (Å²) < 4.78 is 17.3. The lowest BCUT2D eigenvalue weighted by Gasteiger charge is -2.26. The maximum atomic E-state index is 13.7. The molecule has 0 unspecified atom stereocenters. The average Bonchev–Trinajstić information content (AvgIpc) is 3.33. The molecule has 9 heteroatoms. The molecule has 3 aromatic heterocycles. The number of rotatable bonds is 4. The van der Waals surface area contributed by atoms with Crippen LogP contribution in [0.15, 0.2) is 65.7 Å². The van der Waals surface area contributed by atoms with Gasteiger partial charge in [0.25, 0.3) is 5.56 Å². The number of hydrogen-bond donors (Lipinski definition) is 2. The topological polar surface area (TPSA) is 87.9 Å². The molecule has 186 valence electrons. The van der Waals surface area contributed by atoms with E-state index in [9.17, 15) is 14.0 Å². The number of nitrogens with zero attached hydrogens (tertiary/aromatic N) is 4. The highest BCUT2D eigenvalue weighted by Gasteiger charge is 2.26. The zero-order valence-corrected chi connectivity index (χ0v) is 20.7. The normalized spacial score (nSPS) is 12.5. The number of aryl methyl sites for hydroxylation is 3. The van der Waals surface area contributed by atoms with Crippen molar-refractivity contribution in [3.05, 3.63) is 94.0 Å². The Labute approximate surface area is 212 Å². The summed E-state index contributed by atoms with van der Waals surface area (Å²) in [5, 5.41) is 8.23. The Bertz CT molecular complexity index is 1730. The molecule has 0 bridgehead atoms. The molecule has 0 radical (unpaired) electrons. The van der Waals surface area contributed by atoms with E-state index >= 15 is 0 Å². The molecule has 2 N–H and O–H groups in total. The molecule has 4 heterocycles. The Balaban J connectivity index is 1.46. The van der Waals surface area contributed by atoms with E-state index in [2.05, 4.69) is 20.3 Å². The molecule has 0 aliphatic carbocycles. The number of fused-ring (bicyclic) bond motifs is 2. The number of aromatic nitrogens is 4. The lowest BCUT2D eigenvalue weighted by molar-refractivity contribution is -0.115. The molecule has 2 aromatic carbocycles. The number of benzene rings is 2. The Hall–Kier alpha value is -4.66. The second-order valence-electron chi connectivity index (χ2n) is 9.44. The first-order valence-corrected chi connectivity index (χ1v) is 11.9. The fourth-order valence-corrected chi connectivity index (χ4v) is 5.11. The number of carbonyl (C=O) groups is 1. The van der Waals surface area contributed by atoms with Crippen molar-refractivity contribution in [2.45, 2.75) is 19.9 Å². The zero-order valence-electron chi connectivity index (χ0n) is 20.7. The third kappa shape index (κ3) is 3.88. The van der Waals surface area contributed by atoms with Crippen LogP contribution in [0.25, 0.3) is 22.0 Å². The van der Waals surface area contributed by atoms with Crippen LogP contribution >= 0.6 is 0 Å². The predicted molar refractivity (Wildman–Crippen MR) is 141 cm³/mol. The summed E-state index contributed by atoms with van der Waals surface area (Å²) in [6.45, 7) is 2.42. The van der Waals surface area contributed by atoms with Gasteiger partial charge in [0, 0.05) is 65.8 Å². The third-order valence-electron chi connectivity index (χ3n) is 6.93. The highest BCUT2D eigenvalue weighted by molar-refractivity contribution is 6.04. The first-order valence-electron chi connectivity index (χ1n) is 11.9. The maximum absolute atomic E-state index is 13.7. The number of anilines is 3. The molecule has 1 aliphatic rings. The van der Waals surface area contributed by atoms with Crippen molar-refractivity contribution in [2.75, 3.05) is 10.2 Å². The van der Waals surface area contributed by atoms with Gasteiger partial charge in [-0.25, -0.2) is 4.39 Å². The molecule has 5 aromatic rings. The third-order valence-corrected chi connectivity index (χ3v) is 6.93. The van der Waals surface area contributed by atoms with E-state index in [-0.39, 0.29) is 23.7 Å². The van der Waals surface area contributed by atoms with Crippen molar-refractivity contribution in [1.29, 1.82) is 0 Å². The largest absolute Gasteiger partial charge is 0.345 e. The van der Waals surface area contributed by atoms with Crippen LogP contribution in [0.2, 0.25) is 0 Å². The smallest absolute Gasteiger partial charge is 0.272 e. The molecule has 0 saturated heterocycles. The summed E-state index contributed by atoms with van der Waals surface area (Å²) in [6.07, 6.45) is 3.85. The number of hydrogen-bond acceptors (Lipinski definition) is 4.